The van der Waals surface area contributed by atoms with E-state index in [9.17, 15) is 0 Å². The number of fused-ring (bicyclic) bond motifs is 3. The lowest BCUT2D eigenvalue weighted by atomic mass is 9.74. The maximum absolute atomic E-state index is 2.85. The molecule has 0 aromatic rings. The molecule has 3 saturated carbocycles. The van der Waals surface area contributed by atoms with Crippen molar-refractivity contribution in [1.82, 2.24) is 3.11 Å². The molecule has 1 saturated heterocycles. The first kappa shape index (κ1) is 16.9. The van der Waals surface area contributed by atoms with Crippen molar-refractivity contribution < 1.29 is 0 Å². The zero-order valence-corrected chi connectivity index (χ0v) is 18.1. The predicted octanol–water partition coefficient (Wildman–Crippen LogP) is 6.52. The Morgan fingerprint density at radius 1 is 0.773 bits per heavy atom. The minimum atomic E-state index is 0.779. The van der Waals surface area contributed by atoms with Crippen molar-refractivity contribution in [2.24, 2.45) is 17.3 Å². The van der Waals surface area contributed by atoms with Crippen LogP contribution in [0.4, 0.5) is 0 Å². The first-order valence-corrected chi connectivity index (χ1v) is 12.0. The molecule has 1 aliphatic heterocycles. The lowest BCUT2D eigenvalue weighted by molar-refractivity contribution is 0.212. The summed E-state index contributed by atoms with van der Waals surface area (Å²) in [5.74, 6) is 2.16. The van der Waals surface area contributed by atoms with Gasteiger partial charge in [-0.2, -0.15) is 0 Å². The van der Waals surface area contributed by atoms with Gasteiger partial charge in [-0.1, -0.05) is 61.1 Å². The summed E-state index contributed by atoms with van der Waals surface area (Å²) in [6, 6.07) is 1.74. The van der Waals surface area contributed by atoms with Crippen molar-refractivity contribution in [2.45, 2.75) is 99.5 Å². The van der Waals surface area contributed by atoms with Gasteiger partial charge in [0.1, 0.15) is 0 Å². The largest absolute Gasteiger partial charge is 0.240 e. The molecule has 3 heteroatoms. The quantitative estimate of drug-likeness (QED) is 0.197. The van der Waals surface area contributed by atoms with Crippen LogP contribution in [0.1, 0.15) is 83.5 Å². The molecule has 1 nitrogen and oxygen atoms in total. The SMILES string of the molecule is IC1CCCCCC2CC23CC1N(I)C1CCCCCC3C1. The third kappa shape index (κ3) is 3.13. The summed E-state index contributed by atoms with van der Waals surface area (Å²) >= 11 is 5.56. The van der Waals surface area contributed by atoms with Gasteiger partial charge in [0.05, 0.1) is 0 Å². The van der Waals surface area contributed by atoms with E-state index in [0.717, 1.165) is 33.3 Å². The lowest BCUT2D eigenvalue weighted by Crippen LogP contribution is -2.40. The summed E-state index contributed by atoms with van der Waals surface area (Å²) < 4.78 is 3.73. The van der Waals surface area contributed by atoms with Crippen molar-refractivity contribution in [3.8, 4) is 0 Å². The maximum atomic E-state index is 2.85. The van der Waals surface area contributed by atoms with Crippen molar-refractivity contribution in [1.29, 1.82) is 0 Å². The fourth-order valence-corrected chi connectivity index (χ4v) is 8.84. The molecule has 0 N–H and O–H groups in total. The van der Waals surface area contributed by atoms with E-state index in [1.165, 1.54) is 64.2 Å². The summed E-state index contributed by atoms with van der Waals surface area (Å²) in [5.41, 5.74) is 0.779. The molecule has 6 unspecified atom stereocenters. The first-order valence-electron chi connectivity index (χ1n) is 9.79. The van der Waals surface area contributed by atoms with Crippen LogP contribution in [0.5, 0.6) is 0 Å². The Kier molecular flexibility index (Phi) is 5.34. The highest BCUT2D eigenvalue weighted by atomic mass is 127. The molecule has 0 aromatic heterocycles. The zero-order chi connectivity index (χ0) is 15.2. The maximum Gasteiger partial charge on any atom is 0.0320 e. The van der Waals surface area contributed by atoms with Gasteiger partial charge in [0, 0.05) is 38.9 Å². The van der Waals surface area contributed by atoms with E-state index in [1.54, 1.807) is 19.3 Å². The van der Waals surface area contributed by atoms with Crippen LogP contribution >= 0.6 is 45.5 Å². The number of nitrogens with zero attached hydrogens (tertiary/aromatic N) is 1. The third-order valence-corrected chi connectivity index (χ3v) is 10.4. The molecule has 4 rings (SSSR count). The van der Waals surface area contributed by atoms with Crippen LogP contribution in [-0.4, -0.2) is 19.1 Å². The fraction of sp³-hybridized carbons (Fsp3) is 1.00. The van der Waals surface area contributed by atoms with Gasteiger partial charge >= 0.3 is 0 Å². The number of hydrogen-bond donors (Lipinski definition) is 0. The van der Waals surface area contributed by atoms with Crippen molar-refractivity contribution in [3.05, 3.63) is 0 Å². The molecule has 22 heavy (non-hydrogen) atoms. The minimum absolute atomic E-state index is 0.779. The van der Waals surface area contributed by atoms with Crippen molar-refractivity contribution in [2.75, 3.05) is 0 Å². The van der Waals surface area contributed by atoms with E-state index in [0.29, 0.717) is 0 Å². The average Bonchev–Trinajstić information content (AvgIpc) is 3.19. The van der Waals surface area contributed by atoms with Gasteiger partial charge in [-0.05, 0) is 62.2 Å². The Morgan fingerprint density at radius 3 is 2.27 bits per heavy atom. The highest BCUT2D eigenvalue weighted by Gasteiger charge is 2.61. The van der Waals surface area contributed by atoms with Gasteiger partial charge < -0.3 is 0 Å². The molecular formula is C19H31I2N. The van der Waals surface area contributed by atoms with E-state index in [1.807, 2.05) is 0 Å². The number of halogens is 2. The Bertz CT molecular complexity index is 401. The standard InChI is InChI=1S/C19H31I2N/c20-17-10-6-2-4-8-15-12-19(15)13-18(17)22(21)16-9-5-1-3-7-14(19)11-16/h14-18H,1-13H2. The third-order valence-electron chi connectivity index (χ3n) is 7.44. The topological polar surface area (TPSA) is 3.24 Å². The Balaban J connectivity index is 1.66. The molecule has 3 aliphatic carbocycles. The first-order chi connectivity index (χ1) is 10.7. The van der Waals surface area contributed by atoms with Crippen LogP contribution in [0.25, 0.3) is 0 Å². The molecule has 4 aliphatic rings. The Morgan fingerprint density at radius 2 is 1.45 bits per heavy atom. The second-order valence-electron chi connectivity index (χ2n) is 8.63. The summed E-state index contributed by atoms with van der Waals surface area (Å²) in [6.45, 7) is 0. The van der Waals surface area contributed by atoms with Gasteiger partial charge in [-0.15, -0.1) is 0 Å². The highest BCUT2D eigenvalue weighted by molar-refractivity contribution is 14.1. The average molecular weight is 527 g/mol. The molecular weight excluding hydrogens is 496 g/mol. The molecule has 0 radical (unpaired) electrons. The lowest BCUT2D eigenvalue weighted by Gasteiger charge is -2.35. The summed E-state index contributed by atoms with van der Waals surface area (Å²) in [7, 11) is 0. The summed E-state index contributed by atoms with van der Waals surface area (Å²) in [4.78, 5) is 0. The van der Waals surface area contributed by atoms with E-state index in [2.05, 4.69) is 48.6 Å². The summed E-state index contributed by atoms with van der Waals surface area (Å²) in [6.07, 6.45) is 19.7. The molecule has 126 valence electrons. The monoisotopic (exact) mass is 527 g/mol. The number of alkyl halides is 1. The molecule has 1 heterocycles. The van der Waals surface area contributed by atoms with Crippen LogP contribution in [-0.2, 0) is 0 Å². The summed E-state index contributed by atoms with van der Waals surface area (Å²) in [5, 5.41) is 0. The molecule has 0 aromatic carbocycles. The second kappa shape index (κ2) is 6.97. The van der Waals surface area contributed by atoms with E-state index in [4.69, 9.17) is 0 Å². The van der Waals surface area contributed by atoms with E-state index in [-0.39, 0.29) is 0 Å². The van der Waals surface area contributed by atoms with Crippen LogP contribution in [0.15, 0.2) is 0 Å². The minimum Gasteiger partial charge on any atom is -0.240 e. The number of rotatable bonds is 0. The predicted molar refractivity (Wildman–Crippen MR) is 111 cm³/mol. The zero-order valence-electron chi connectivity index (χ0n) is 13.8. The van der Waals surface area contributed by atoms with Gasteiger partial charge in [-0.3, -0.25) is 0 Å². The molecule has 0 amide bonds. The van der Waals surface area contributed by atoms with Gasteiger partial charge in [0.2, 0.25) is 0 Å². The van der Waals surface area contributed by atoms with Crippen LogP contribution in [0.2, 0.25) is 0 Å². The van der Waals surface area contributed by atoms with Crippen LogP contribution < -0.4 is 0 Å². The highest BCUT2D eigenvalue weighted by Crippen LogP contribution is 2.67. The molecule has 1 spiro atoms. The normalized spacial score (nSPS) is 50.2. The van der Waals surface area contributed by atoms with E-state index < -0.39 is 0 Å². The van der Waals surface area contributed by atoms with E-state index >= 15 is 0 Å². The Hall–Kier alpha value is 1.42. The second-order valence-corrected chi connectivity index (χ2v) is 11.3. The van der Waals surface area contributed by atoms with Gasteiger partial charge in [-0.25, -0.2) is 3.11 Å². The van der Waals surface area contributed by atoms with Crippen LogP contribution in [0.3, 0.4) is 0 Å². The molecule has 4 fully saturated rings. The number of hydrogen-bond acceptors (Lipinski definition) is 1. The fourth-order valence-electron chi connectivity index (χ4n) is 6.09. The van der Waals surface area contributed by atoms with Gasteiger partial charge in [0.15, 0.2) is 0 Å². The molecule has 6 atom stereocenters. The van der Waals surface area contributed by atoms with Crippen molar-refractivity contribution in [3.63, 3.8) is 0 Å². The van der Waals surface area contributed by atoms with Crippen LogP contribution in [0, 0.1) is 17.3 Å². The molecule has 4 bridgehead atoms. The Labute approximate surface area is 164 Å². The van der Waals surface area contributed by atoms with Gasteiger partial charge in [0.25, 0.3) is 0 Å². The van der Waals surface area contributed by atoms with Crippen molar-refractivity contribution >= 4 is 45.5 Å². The smallest absolute Gasteiger partial charge is 0.0320 e.